The average Bonchev–Trinajstić information content (AvgIpc) is 3.10. The van der Waals surface area contributed by atoms with E-state index >= 15 is 0 Å². The summed E-state index contributed by atoms with van der Waals surface area (Å²) in [5.41, 5.74) is 2.52. The zero-order valence-corrected chi connectivity index (χ0v) is 14.4. The molecule has 114 valence electrons. The topological polar surface area (TPSA) is 59.3 Å². The van der Waals surface area contributed by atoms with Crippen LogP contribution >= 0.6 is 27.3 Å². The highest BCUT2D eigenvalue weighted by Crippen LogP contribution is 2.13. The molecule has 0 aliphatic carbocycles. The lowest BCUT2D eigenvalue weighted by atomic mass is 10.3. The molecular formula is C15H15BrN4OS. The van der Waals surface area contributed by atoms with Crippen LogP contribution in [0.1, 0.15) is 23.3 Å². The molecule has 3 rings (SSSR count). The Kier molecular flexibility index (Phi) is 4.54. The van der Waals surface area contributed by atoms with E-state index in [2.05, 4.69) is 38.1 Å². The first-order valence-corrected chi connectivity index (χ1v) is 8.64. The lowest BCUT2D eigenvalue weighted by molar-refractivity contribution is -0.120. The Morgan fingerprint density at radius 3 is 2.95 bits per heavy atom. The molecule has 3 aromatic heterocycles. The van der Waals surface area contributed by atoms with Gasteiger partial charge in [-0.3, -0.25) is 4.79 Å². The van der Waals surface area contributed by atoms with Crippen molar-refractivity contribution in [3.05, 3.63) is 50.8 Å². The van der Waals surface area contributed by atoms with E-state index in [1.54, 1.807) is 11.3 Å². The number of aromatic nitrogens is 3. The van der Waals surface area contributed by atoms with Gasteiger partial charge in [-0.25, -0.2) is 9.97 Å². The third kappa shape index (κ3) is 3.53. The number of carbonyl (C=O) groups is 1. The fourth-order valence-electron chi connectivity index (χ4n) is 2.11. The van der Waals surface area contributed by atoms with Crippen molar-refractivity contribution in [1.82, 2.24) is 19.7 Å². The lowest BCUT2D eigenvalue weighted by Gasteiger charge is -2.01. The van der Waals surface area contributed by atoms with E-state index in [-0.39, 0.29) is 5.91 Å². The molecule has 1 N–H and O–H groups in total. The van der Waals surface area contributed by atoms with Crippen LogP contribution in [-0.4, -0.2) is 20.3 Å². The minimum atomic E-state index is -0.0359. The molecule has 0 fully saturated rings. The van der Waals surface area contributed by atoms with Crippen LogP contribution < -0.4 is 5.32 Å². The van der Waals surface area contributed by atoms with Crippen molar-refractivity contribution in [2.24, 2.45) is 0 Å². The van der Waals surface area contributed by atoms with Gasteiger partial charge in [0, 0.05) is 22.2 Å². The minimum absolute atomic E-state index is 0.0359. The summed E-state index contributed by atoms with van der Waals surface area (Å²) >= 11 is 5.02. The van der Waals surface area contributed by atoms with Crippen molar-refractivity contribution in [3.8, 4) is 0 Å². The molecule has 0 radical (unpaired) electrons. The number of nitrogens with zero attached hydrogens (tertiary/aromatic N) is 3. The Morgan fingerprint density at radius 2 is 2.18 bits per heavy atom. The van der Waals surface area contributed by atoms with Gasteiger partial charge in [0.15, 0.2) is 0 Å². The zero-order valence-electron chi connectivity index (χ0n) is 12.0. The number of thiazole rings is 1. The normalized spacial score (nSPS) is 11.0. The molecule has 0 bridgehead atoms. The molecule has 22 heavy (non-hydrogen) atoms. The van der Waals surface area contributed by atoms with Gasteiger partial charge in [-0.2, -0.15) is 0 Å². The first kappa shape index (κ1) is 15.2. The average molecular weight is 379 g/mol. The molecule has 3 heterocycles. The van der Waals surface area contributed by atoms with E-state index in [0.717, 1.165) is 32.9 Å². The molecule has 0 saturated heterocycles. The van der Waals surface area contributed by atoms with Gasteiger partial charge in [-0.05, 0) is 34.5 Å². The van der Waals surface area contributed by atoms with Crippen LogP contribution in [0, 0.1) is 0 Å². The van der Waals surface area contributed by atoms with Crippen molar-refractivity contribution < 1.29 is 4.79 Å². The quantitative estimate of drug-likeness (QED) is 0.742. The van der Waals surface area contributed by atoms with Gasteiger partial charge in [-0.15, -0.1) is 11.3 Å². The molecule has 5 nitrogen and oxygen atoms in total. The largest absolute Gasteiger partial charge is 0.350 e. The standard InChI is InChI=1S/C15H15BrN4OS/c1-2-15-19-11(9-22-15)5-14(21)17-6-12-8-20-7-10(16)3-4-13(20)18-12/h3-4,7-9H,2,5-6H2,1H3,(H,17,21). The summed E-state index contributed by atoms with van der Waals surface area (Å²) < 4.78 is 2.92. The Morgan fingerprint density at radius 1 is 1.32 bits per heavy atom. The van der Waals surface area contributed by atoms with E-state index in [0.29, 0.717) is 13.0 Å². The summed E-state index contributed by atoms with van der Waals surface area (Å²) in [6.45, 7) is 2.48. The number of hydrogen-bond acceptors (Lipinski definition) is 4. The van der Waals surface area contributed by atoms with Crippen LogP contribution in [0.4, 0.5) is 0 Å². The number of rotatable bonds is 5. The highest BCUT2D eigenvalue weighted by atomic mass is 79.9. The molecule has 0 aromatic carbocycles. The summed E-state index contributed by atoms with van der Waals surface area (Å²) in [4.78, 5) is 20.8. The Balaban J connectivity index is 1.59. The zero-order chi connectivity index (χ0) is 15.5. The van der Waals surface area contributed by atoms with Crippen LogP contribution in [0.25, 0.3) is 5.65 Å². The van der Waals surface area contributed by atoms with Gasteiger partial charge in [0.2, 0.25) is 5.91 Å². The molecule has 1 amide bonds. The highest BCUT2D eigenvalue weighted by Gasteiger charge is 2.08. The van der Waals surface area contributed by atoms with Gasteiger partial charge >= 0.3 is 0 Å². The minimum Gasteiger partial charge on any atom is -0.350 e. The van der Waals surface area contributed by atoms with Crippen LogP contribution in [0.2, 0.25) is 0 Å². The molecule has 0 spiro atoms. The number of pyridine rings is 1. The molecule has 0 saturated carbocycles. The lowest BCUT2D eigenvalue weighted by Crippen LogP contribution is -2.24. The maximum absolute atomic E-state index is 12.0. The molecular weight excluding hydrogens is 364 g/mol. The number of fused-ring (bicyclic) bond motifs is 1. The number of halogens is 1. The van der Waals surface area contributed by atoms with Crippen molar-refractivity contribution >= 4 is 38.8 Å². The smallest absolute Gasteiger partial charge is 0.226 e. The van der Waals surface area contributed by atoms with Crippen molar-refractivity contribution in [2.75, 3.05) is 0 Å². The Labute approximate surface area is 140 Å². The number of imidazole rings is 1. The van der Waals surface area contributed by atoms with Crippen LogP contribution in [0.15, 0.2) is 34.4 Å². The van der Waals surface area contributed by atoms with E-state index in [9.17, 15) is 4.79 Å². The maximum atomic E-state index is 12.0. The van der Waals surface area contributed by atoms with Crippen molar-refractivity contribution in [3.63, 3.8) is 0 Å². The van der Waals surface area contributed by atoms with Crippen LogP contribution in [-0.2, 0) is 24.2 Å². The Bertz CT molecular complexity index is 811. The first-order chi connectivity index (χ1) is 10.6. The molecule has 3 aromatic rings. The van der Waals surface area contributed by atoms with Crippen molar-refractivity contribution in [1.29, 1.82) is 0 Å². The van der Waals surface area contributed by atoms with Gasteiger partial charge in [0.1, 0.15) is 5.65 Å². The molecule has 0 atom stereocenters. The summed E-state index contributed by atoms with van der Waals surface area (Å²) in [6.07, 6.45) is 5.08. The van der Waals surface area contributed by atoms with Gasteiger partial charge in [-0.1, -0.05) is 6.92 Å². The third-order valence-electron chi connectivity index (χ3n) is 3.17. The predicted octanol–water partition coefficient (Wildman–Crippen LogP) is 2.97. The highest BCUT2D eigenvalue weighted by molar-refractivity contribution is 9.10. The van der Waals surface area contributed by atoms with Crippen molar-refractivity contribution in [2.45, 2.75) is 26.3 Å². The molecule has 0 unspecified atom stereocenters. The first-order valence-electron chi connectivity index (χ1n) is 6.97. The number of nitrogens with one attached hydrogen (secondary N) is 1. The van der Waals surface area contributed by atoms with Crippen LogP contribution in [0.5, 0.6) is 0 Å². The molecule has 7 heteroatoms. The third-order valence-corrected chi connectivity index (χ3v) is 4.69. The molecule has 0 aliphatic heterocycles. The predicted molar refractivity (Wildman–Crippen MR) is 89.9 cm³/mol. The maximum Gasteiger partial charge on any atom is 0.226 e. The van der Waals surface area contributed by atoms with E-state index in [1.807, 2.05) is 34.3 Å². The van der Waals surface area contributed by atoms with Crippen LogP contribution in [0.3, 0.4) is 0 Å². The van der Waals surface area contributed by atoms with E-state index in [1.165, 1.54) is 0 Å². The van der Waals surface area contributed by atoms with Gasteiger partial charge in [0.05, 0.1) is 29.4 Å². The Hall–Kier alpha value is -1.73. The number of carbonyl (C=O) groups excluding carboxylic acids is 1. The SMILES string of the molecule is CCc1nc(CC(=O)NCc2cn3cc(Br)ccc3n2)cs1. The number of amides is 1. The summed E-state index contributed by atoms with van der Waals surface area (Å²) in [7, 11) is 0. The van der Waals surface area contributed by atoms with Gasteiger partial charge in [0.25, 0.3) is 0 Å². The number of hydrogen-bond donors (Lipinski definition) is 1. The fourth-order valence-corrected chi connectivity index (χ4v) is 3.21. The second-order valence-electron chi connectivity index (χ2n) is 4.88. The summed E-state index contributed by atoms with van der Waals surface area (Å²) in [5.74, 6) is -0.0359. The monoisotopic (exact) mass is 378 g/mol. The second-order valence-corrected chi connectivity index (χ2v) is 6.74. The van der Waals surface area contributed by atoms with E-state index in [4.69, 9.17) is 0 Å². The second kappa shape index (κ2) is 6.58. The van der Waals surface area contributed by atoms with E-state index < -0.39 is 0 Å². The summed E-state index contributed by atoms with van der Waals surface area (Å²) in [6, 6.07) is 3.87. The molecule has 0 aliphatic rings. The van der Waals surface area contributed by atoms with Gasteiger partial charge < -0.3 is 9.72 Å². The summed E-state index contributed by atoms with van der Waals surface area (Å²) in [5, 5.41) is 5.90. The number of aryl methyl sites for hydroxylation is 1. The fraction of sp³-hybridized carbons (Fsp3) is 0.267.